The molecular formula is C37H50N2O11. The molecule has 0 radical (unpaired) electrons. The van der Waals surface area contributed by atoms with E-state index in [9.17, 15) is 19.5 Å². The largest absolute Gasteiger partial charge is 0.480 e. The molecule has 0 saturated carbocycles. The normalized spacial score (nSPS) is 23.5. The topological polar surface area (TPSA) is 151 Å². The number of nitrogens with zero attached hydrogens (tertiary/aromatic N) is 1. The van der Waals surface area contributed by atoms with Crippen molar-refractivity contribution < 1.29 is 52.6 Å². The second kappa shape index (κ2) is 14.8. The maximum absolute atomic E-state index is 13.3. The maximum Gasteiger partial charge on any atom is 0.410 e. The molecule has 2 N–H and O–H groups in total. The van der Waals surface area contributed by atoms with E-state index in [2.05, 4.69) is 5.32 Å². The van der Waals surface area contributed by atoms with Crippen LogP contribution in [0.5, 0.6) is 0 Å². The predicted octanol–water partition coefficient (Wildman–Crippen LogP) is 5.29. The van der Waals surface area contributed by atoms with Crippen molar-refractivity contribution in [3.05, 3.63) is 59.7 Å². The van der Waals surface area contributed by atoms with Gasteiger partial charge in [-0.2, -0.15) is 0 Å². The molecule has 2 aromatic carbocycles. The van der Waals surface area contributed by atoms with Crippen LogP contribution >= 0.6 is 0 Å². The first-order valence-electron chi connectivity index (χ1n) is 17.0. The van der Waals surface area contributed by atoms with Crippen molar-refractivity contribution in [1.82, 2.24) is 10.2 Å². The number of carboxylic acid groups (broad SMARTS) is 1. The molecule has 4 unspecified atom stereocenters. The summed E-state index contributed by atoms with van der Waals surface area (Å²) in [6.45, 7) is 14.1. The number of amides is 2. The molecule has 0 aromatic heterocycles. The van der Waals surface area contributed by atoms with Gasteiger partial charge in [-0.05, 0) is 77.6 Å². The molecule has 5 atom stereocenters. The van der Waals surface area contributed by atoms with Crippen LogP contribution < -0.4 is 5.32 Å². The van der Waals surface area contributed by atoms with Gasteiger partial charge in [-0.15, -0.1) is 0 Å². The number of carbonyl (C=O) groups is 3. The highest BCUT2D eigenvalue weighted by molar-refractivity contribution is 5.82. The van der Waals surface area contributed by atoms with Gasteiger partial charge in [-0.3, -0.25) is 0 Å². The van der Waals surface area contributed by atoms with Crippen LogP contribution in [-0.4, -0.2) is 109 Å². The molecule has 13 nitrogen and oxygen atoms in total. The first-order chi connectivity index (χ1) is 23.4. The number of aliphatic carboxylic acids is 1. The third-order valence-electron chi connectivity index (χ3n) is 8.83. The Labute approximate surface area is 293 Å². The third-order valence-corrected chi connectivity index (χ3v) is 8.83. The number of hydrogen-bond acceptors (Lipinski definition) is 10. The summed E-state index contributed by atoms with van der Waals surface area (Å²) >= 11 is 0. The van der Waals surface area contributed by atoms with Crippen LogP contribution in [0.15, 0.2) is 48.5 Å². The van der Waals surface area contributed by atoms with E-state index in [0.717, 1.165) is 22.3 Å². The lowest BCUT2D eigenvalue weighted by atomic mass is 9.98. The lowest BCUT2D eigenvalue weighted by Crippen LogP contribution is -2.52. The fourth-order valence-corrected chi connectivity index (χ4v) is 6.51. The molecule has 13 heteroatoms. The molecule has 2 fully saturated rings. The molecule has 2 aliphatic heterocycles. The quantitative estimate of drug-likeness (QED) is 0.315. The Morgan fingerprint density at radius 1 is 1.00 bits per heavy atom. The van der Waals surface area contributed by atoms with E-state index >= 15 is 0 Å². The van der Waals surface area contributed by atoms with Crippen LogP contribution in [0.4, 0.5) is 9.59 Å². The smallest absolute Gasteiger partial charge is 0.410 e. The average Bonchev–Trinajstić information content (AvgIpc) is 3.47. The molecular weight excluding hydrogens is 648 g/mol. The Kier molecular flexibility index (Phi) is 11.1. The molecule has 50 heavy (non-hydrogen) atoms. The van der Waals surface area contributed by atoms with Crippen molar-refractivity contribution in [1.29, 1.82) is 0 Å². The van der Waals surface area contributed by atoms with Crippen molar-refractivity contribution in [2.45, 2.75) is 109 Å². The minimum Gasteiger partial charge on any atom is -0.480 e. The highest BCUT2D eigenvalue weighted by atomic mass is 16.8. The zero-order valence-electron chi connectivity index (χ0n) is 30.1. The number of hydrogen-bond donors (Lipinski definition) is 2. The monoisotopic (exact) mass is 698 g/mol. The van der Waals surface area contributed by atoms with Crippen LogP contribution in [0.1, 0.15) is 72.4 Å². The number of carbonyl (C=O) groups excluding carboxylic acids is 2. The SMILES string of the molecule is CC1OC(C(C)(C)OCCN(C[C@H](NC(=O)OCC2c3ccccc3-c3ccccc32)C(=O)O)C(=O)OC(C)(C)C)OCC2OC(C)(C)OC12. The molecule has 0 spiro atoms. The molecule has 0 bridgehead atoms. The van der Waals surface area contributed by atoms with E-state index in [4.69, 9.17) is 33.2 Å². The minimum atomic E-state index is -1.50. The van der Waals surface area contributed by atoms with Crippen molar-refractivity contribution in [3.8, 4) is 11.1 Å². The van der Waals surface area contributed by atoms with E-state index in [1.807, 2.05) is 69.3 Å². The van der Waals surface area contributed by atoms with Crippen molar-refractivity contribution >= 4 is 18.2 Å². The van der Waals surface area contributed by atoms with Gasteiger partial charge in [0, 0.05) is 12.5 Å². The number of nitrogens with one attached hydrogen (secondary N) is 1. The lowest BCUT2D eigenvalue weighted by Gasteiger charge is -2.36. The second-order valence-corrected chi connectivity index (χ2v) is 14.9. The summed E-state index contributed by atoms with van der Waals surface area (Å²) < 4.78 is 41.6. The molecule has 1 aliphatic carbocycles. The summed E-state index contributed by atoms with van der Waals surface area (Å²) in [5, 5.41) is 12.5. The van der Waals surface area contributed by atoms with Crippen LogP contribution in [0, 0.1) is 0 Å². The number of alkyl carbamates (subject to hydrolysis) is 1. The Bertz CT molecular complexity index is 1490. The summed E-state index contributed by atoms with van der Waals surface area (Å²) in [7, 11) is 0. The molecule has 2 heterocycles. The second-order valence-electron chi connectivity index (χ2n) is 14.9. The van der Waals surface area contributed by atoms with E-state index < -0.39 is 54.0 Å². The van der Waals surface area contributed by atoms with Crippen molar-refractivity contribution in [2.24, 2.45) is 0 Å². The fourth-order valence-electron chi connectivity index (χ4n) is 6.51. The first-order valence-corrected chi connectivity index (χ1v) is 17.0. The zero-order chi connectivity index (χ0) is 36.4. The van der Waals surface area contributed by atoms with E-state index in [0.29, 0.717) is 0 Å². The van der Waals surface area contributed by atoms with Gasteiger partial charge in [-0.25, -0.2) is 14.4 Å². The molecule has 5 rings (SSSR count). The summed E-state index contributed by atoms with van der Waals surface area (Å²) in [5.74, 6) is -2.29. The Morgan fingerprint density at radius 2 is 1.62 bits per heavy atom. The molecule has 2 saturated heterocycles. The Hall–Kier alpha value is -3.75. The minimum absolute atomic E-state index is 0.00628. The Balaban J connectivity index is 1.20. The van der Waals surface area contributed by atoms with Crippen LogP contribution in [-0.2, 0) is 38.0 Å². The van der Waals surface area contributed by atoms with Gasteiger partial charge < -0.3 is 48.5 Å². The highest BCUT2D eigenvalue weighted by Crippen LogP contribution is 2.44. The number of ether oxygens (including phenoxy) is 7. The molecule has 2 amide bonds. The van der Waals surface area contributed by atoms with Gasteiger partial charge in [0.05, 0.1) is 25.9 Å². The number of rotatable bonds is 11. The van der Waals surface area contributed by atoms with Gasteiger partial charge in [0.1, 0.15) is 36.1 Å². The summed E-state index contributed by atoms with van der Waals surface area (Å²) in [6.07, 6.45) is -3.43. The third kappa shape index (κ3) is 8.93. The van der Waals surface area contributed by atoms with Crippen molar-refractivity contribution in [3.63, 3.8) is 0 Å². The summed E-state index contributed by atoms with van der Waals surface area (Å²) in [6, 6.07) is 14.3. The zero-order valence-corrected chi connectivity index (χ0v) is 30.1. The summed E-state index contributed by atoms with van der Waals surface area (Å²) in [4.78, 5) is 39.8. The van der Waals surface area contributed by atoms with Crippen LogP contribution in [0.3, 0.4) is 0 Å². The van der Waals surface area contributed by atoms with Crippen LogP contribution in [0.2, 0.25) is 0 Å². The number of carboxylic acids is 1. The molecule has 274 valence electrons. The lowest BCUT2D eigenvalue weighted by molar-refractivity contribution is -0.266. The standard InChI is InChI=1S/C37H50N2O11/c1-22-30-29(48-37(7,8)49-30)21-44-32(47-22)36(5,6)46-18-17-39(34(43)50-35(2,3)4)19-28(31(40)41)38-33(42)45-20-27-25-15-11-9-13-23(25)24-14-10-12-16-26(24)27/h9-16,22,27-30,32H,17-21H2,1-8H3,(H,38,42)(H,40,41)/t22?,28-,29?,30?,32?/m0/s1. The van der Waals surface area contributed by atoms with Gasteiger partial charge in [-0.1, -0.05) is 48.5 Å². The van der Waals surface area contributed by atoms with Gasteiger partial charge in [0.15, 0.2) is 12.1 Å². The Morgan fingerprint density at radius 3 is 2.22 bits per heavy atom. The summed E-state index contributed by atoms with van der Waals surface area (Å²) in [5.41, 5.74) is 2.35. The predicted molar refractivity (Wildman–Crippen MR) is 182 cm³/mol. The van der Waals surface area contributed by atoms with E-state index in [1.165, 1.54) is 4.90 Å². The van der Waals surface area contributed by atoms with Gasteiger partial charge >= 0.3 is 18.2 Å². The van der Waals surface area contributed by atoms with Gasteiger partial charge in [0.25, 0.3) is 0 Å². The average molecular weight is 699 g/mol. The fraction of sp³-hybridized carbons (Fsp3) is 0.595. The number of benzene rings is 2. The molecule has 3 aliphatic rings. The molecule has 2 aromatic rings. The van der Waals surface area contributed by atoms with Crippen molar-refractivity contribution in [2.75, 3.05) is 32.9 Å². The van der Waals surface area contributed by atoms with Gasteiger partial charge in [0.2, 0.25) is 0 Å². The first kappa shape index (κ1) is 37.5. The van der Waals surface area contributed by atoms with Crippen LogP contribution in [0.25, 0.3) is 11.1 Å². The van der Waals surface area contributed by atoms with E-state index in [-0.39, 0.29) is 50.6 Å². The van der Waals surface area contributed by atoms with E-state index in [1.54, 1.807) is 34.6 Å². The number of fused-ring (bicyclic) bond motifs is 4. The maximum atomic E-state index is 13.3. The highest BCUT2D eigenvalue weighted by Gasteiger charge is 2.49.